The number of carbonyl (C=O) groups is 1. The summed E-state index contributed by atoms with van der Waals surface area (Å²) in [7, 11) is 0. The maximum absolute atomic E-state index is 12.1. The van der Waals surface area contributed by atoms with Gasteiger partial charge in [-0.3, -0.25) is 14.6 Å². The van der Waals surface area contributed by atoms with Gasteiger partial charge in [0.15, 0.2) is 5.88 Å². The maximum atomic E-state index is 12.1. The molecule has 0 radical (unpaired) electrons. The first-order chi connectivity index (χ1) is 8.06. The highest BCUT2D eigenvalue weighted by Gasteiger charge is 2.36. The molecule has 1 aliphatic rings. The Bertz CT molecular complexity index is 507. The van der Waals surface area contributed by atoms with E-state index < -0.39 is 5.56 Å². The van der Waals surface area contributed by atoms with Crippen molar-refractivity contribution >= 4 is 5.91 Å². The number of aromatic nitrogens is 1. The smallest absolute Gasteiger partial charge is 0.255 e. The van der Waals surface area contributed by atoms with Crippen LogP contribution in [0.1, 0.15) is 48.7 Å². The zero-order chi connectivity index (χ0) is 12.6. The van der Waals surface area contributed by atoms with Gasteiger partial charge < -0.3 is 10.0 Å². The summed E-state index contributed by atoms with van der Waals surface area (Å²) in [6, 6.07) is 1.08. The monoisotopic (exact) mass is 236 g/mol. The van der Waals surface area contributed by atoms with E-state index in [0.29, 0.717) is 17.7 Å². The molecule has 2 heterocycles. The number of rotatable bonds is 3. The zero-order valence-corrected chi connectivity index (χ0v) is 9.99. The number of pyridine rings is 1. The zero-order valence-electron chi connectivity index (χ0n) is 9.99. The number of H-pyrrole nitrogens is 1. The van der Waals surface area contributed by atoms with Crippen LogP contribution in [0.3, 0.4) is 0 Å². The van der Waals surface area contributed by atoms with Crippen molar-refractivity contribution in [2.75, 3.05) is 6.54 Å². The second-order valence-electron chi connectivity index (χ2n) is 4.34. The summed E-state index contributed by atoms with van der Waals surface area (Å²) >= 11 is 0. The standard InChI is InChI=1S/C12H16N2O3/c1-3-4-5-14-7(2)10-8(12(14)17)6-9(15)13-11(10)16/h6-7H,3-5H2,1-2H3,(H2,13,15,16). The average Bonchev–Trinajstić information content (AvgIpc) is 2.49. The van der Waals surface area contributed by atoms with Crippen LogP contribution < -0.4 is 5.56 Å². The number of aromatic hydroxyl groups is 1. The Hall–Kier alpha value is -1.78. The van der Waals surface area contributed by atoms with Crippen molar-refractivity contribution in [1.29, 1.82) is 0 Å². The number of hydrogen-bond acceptors (Lipinski definition) is 3. The third-order valence-corrected chi connectivity index (χ3v) is 3.19. The van der Waals surface area contributed by atoms with Crippen LogP contribution >= 0.6 is 0 Å². The van der Waals surface area contributed by atoms with Gasteiger partial charge in [-0.1, -0.05) is 13.3 Å². The van der Waals surface area contributed by atoms with Gasteiger partial charge in [0.05, 0.1) is 11.6 Å². The van der Waals surface area contributed by atoms with Crippen LogP contribution in [0, 0.1) is 0 Å². The van der Waals surface area contributed by atoms with Gasteiger partial charge in [0.1, 0.15) is 0 Å². The van der Waals surface area contributed by atoms with Gasteiger partial charge in [-0.15, -0.1) is 0 Å². The molecule has 2 rings (SSSR count). The maximum Gasteiger partial charge on any atom is 0.255 e. The third kappa shape index (κ3) is 1.81. The molecule has 92 valence electrons. The number of carbonyl (C=O) groups excluding carboxylic acids is 1. The molecule has 0 fully saturated rings. The van der Waals surface area contributed by atoms with Crippen molar-refractivity contribution in [3.05, 3.63) is 27.5 Å². The lowest BCUT2D eigenvalue weighted by Crippen LogP contribution is -2.27. The van der Waals surface area contributed by atoms with Crippen molar-refractivity contribution in [2.24, 2.45) is 0 Å². The summed E-state index contributed by atoms with van der Waals surface area (Å²) in [5, 5.41) is 9.71. The molecule has 0 aliphatic carbocycles. The summed E-state index contributed by atoms with van der Waals surface area (Å²) in [6.45, 7) is 4.57. The summed E-state index contributed by atoms with van der Waals surface area (Å²) in [6.07, 6.45) is 1.91. The number of nitrogens with one attached hydrogen (secondary N) is 1. The van der Waals surface area contributed by atoms with E-state index in [2.05, 4.69) is 11.9 Å². The minimum absolute atomic E-state index is 0.164. The van der Waals surface area contributed by atoms with Crippen molar-refractivity contribution in [3.63, 3.8) is 0 Å². The van der Waals surface area contributed by atoms with Crippen molar-refractivity contribution in [2.45, 2.75) is 32.7 Å². The fourth-order valence-corrected chi connectivity index (χ4v) is 2.27. The van der Waals surface area contributed by atoms with E-state index in [1.165, 1.54) is 6.07 Å². The van der Waals surface area contributed by atoms with Crippen LogP contribution in [0.4, 0.5) is 0 Å². The van der Waals surface area contributed by atoms with Crippen LogP contribution in [-0.4, -0.2) is 27.4 Å². The first-order valence-corrected chi connectivity index (χ1v) is 5.83. The number of unbranched alkanes of at least 4 members (excludes halogenated alkanes) is 1. The van der Waals surface area contributed by atoms with Gasteiger partial charge in [-0.05, 0) is 13.3 Å². The summed E-state index contributed by atoms with van der Waals surface area (Å²) in [4.78, 5) is 27.3. The highest BCUT2D eigenvalue weighted by atomic mass is 16.3. The first kappa shape index (κ1) is 11.7. The van der Waals surface area contributed by atoms with Crippen LogP contribution in [0.2, 0.25) is 0 Å². The van der Waals surface area contributed by atoms with E-state index in [1.54, 1.807) is 4.90 Å². The second-order valence-corrected chi connectivity index (χ2v) is 4.34. The Morgan fingerprint density at radius 2 is 2.18 bits per heavy atom. The Labute approximate surface area is 99.1 Å². The highest BCUT2D eigenvalue weighted by molar-refractivity contribution is 5.99. The number of hydrogen-bond donors (Lipinski definition) is 2. The lowest BCUT2D eigenvalue weighted by Gasteiger charge is -2.21. The van der Waals surface area contributed by atoms with Gasteiger partial charge in [-0.25, -0.2) is 0 Å². The lowest BCUT2D eigenvalue weighted by molar-refractivity contribution is 0.0734. The van der Waals surface area contributed by atoms with Crippen LogP contribution in [0.5, 0.6) is 5.88 Å². The molecule has 1 aromatic heterocycles. The summed E-state index contributed by atoms with van der Waals surface area (Å²) in [5.74, 6) is -0.352. The molecule has 0 spiro atoms. The highest BCUT2D eigenvalue weighted by Crippen LogP contribution is 2.36. The Morgan fingerprint density at radius 3 is 2.82 bits per heavy atom. The normalized spacial score (nSPS) is 18.6. The van der Waals surface area contributed by atoms with E-state index in [9.17, 15) is 14.7 Å². The summed E-state index contributed by atoms with van der Waals surface area (Å²) < 4.78 is 0. The Morgan fingerprint density at radius 1 is 1.47 bits per heavy atom. The van der Waals surface area contributed by atoms with Gasteiger partial charge in [0, 0.05) is 18.2 Å². The number of nitrogens with zero attached hydrogens (tertiary/aromatic N) is 1. The Balaban J connectivity index is 2.42. The molecule has 17 heavy (non-hydrogen) atoms. The molecule has 2 N–H and O–H groups in total. The average molecular weight is 236 g/mol. The van der Waals surface area contributed by atoms with Crippen LogP contribution in [0.25, 0.3) is 0 Å². The molecule has 0 bridgehead atoms. The van der Waals surface area contributed by atoms with Gasteiger partial charge >= 0.3 is 0 Å². The molecular weight excluding hydrogens is 220 g/mol. The van der Waals surface area contributed by atoms with Crippen LogP contribution in [-0.2, 0) is 0 Å². The number of fused-ring (bicyclic) bond motifs is 1. The minimum Gasteiger partial charge on any atom is -0.494 e. The molecule has 0 aromatic carbocycles. The largest absolute Gasteiger partial charge is 0.494 e. The number of aromatic amines is 1. The molecule has 5 heteroatoms. The van der Waals surface area contributed by atoms with E-state index >= 15 is 0 Å². The van der Waals surface area contributed by atoms with Crippen LogP contribution in [0.15, 0.2) is 10.9 Å². The predicted octanol–water partition coefficient (Wildman–Crippen LogP) is 1.40. The molecule has 5 nitrogen and oxygen atoms in total. The van der Waals surface area contributed by atoms with Crippen molar-refractivity contribution in [3.8, 4) is 5.88 Å². The van der Waals surface area contributed by atoms with Crippen molar-refractivity contribution in [1.82, 2.24) is 9.88 Å². The molecule has 0 saturated heterocycles. The van der Waals surface area contributed by atoms with E-state index in [1.807, 2.05) is 6.92 Å². The molecule has 0 saturated carbocycles. The van der Waals surface area contributed by atoms with E-state index in [-0.39, 0.29) is 17.8 Å². The SMILES string of the molecule is CCCCN1C(=O)c2cc(=O)[nH]c(O)c2C1C. The first-order valence-electron chi connectivity index (χ1n) is 5.83. The van der Waals surface area contributed by atoms with Crippen molar-refractivity contribution < 1.29 is 9.90 Å². The molecule has 1 atom stereocenters. The molecule has 1 unspecified atom stereocenters. The molecule has 1 aromatic rings. The fourth-order valence-electron chi connectivity index (χ4n) is 2.27. The minimum atomic E-state index is -0.445. The lowest BCUT2D eigenvalue weighted by atomic mass is 10.1. The molecule has 1 aliphatic heterocycles. The number of amides is 1. The predicted molar refractivity (Wildman–Crippen MR) is 63.1 cm³/mol. The molecular formula is C12H16N2O3. The van der Waals surface area contributed by atoms with Gasteiger partial charge in [0.25, 0.3) is 11.5 Å². The third-order valence-electron chi connectivity index (χ3n) is 3.19. The Kier molecular flexibility index (Phi) is 2.92. The quantitative estimate of drug-likeness (QED) is 0.833. The fraction of sp³-hybridized carbons (Fsp3) is 0.500. The van der Waals surface area contributed by atoms with E-state index in [0.717, 1.165) is 12.8 Å². The summed E-state index contributed by atoms with van der Waals surface area (Å²) in [5.41, 5.74) is 0.416. The second kappa shape index (κ2) is 4.24. The molecule has 1 amide bonds. The van der Waals surface area contributed by atoms with Gasteiger partial charge in [-0.2, -0.15) is 0 Å². The van der Waals surface area contributed by atoms with E-state index in [4.69, 9.17) is 0 Å². The topological polar surface area (TPSA) is 73.4 Å². The van der Waals surface area contributed by atoms with Gasteiger partial charge in [0.2, 0.25) is 0 Å².